The smallest absolute Gasteiger partial charge is 0.269 e. The number of hydrogen-bond acceptors (Lipinski definition) is 4. The summed E-state index contributed by atoms with van der Waals surface area (Å²) < 4.78 is 1.74. The number of carbonyl (C=O) groups excluding carboxylic acids is 2. The summed E-state index contributed by atoms with van der Waals surface area (Å²) >= 11 is 13.5. The highest BCUT2D eigenvalue weighted by molar-refractivity contribution is 7.97. The molecular weight excluding hydrogens is 391 g/mol. The molecule has 0 aromatic heterocycles. The molecular formula is C19H16Cl2N2O2S. The zero-order chi connectivity index (χ0) is 18.7. The first kappa shape index (κ1) is 18.8. The van der Waals surface area contributed by atoms with Crippen LogP contribution in [0.3, 0.4) is 0 Å². The second kappa shape index (κ2) is 8.16. The van der Waals surface area contributed by atoms with Gasteiger partial charge in [-0.25, -0.2) is 0 Å². The molecule has 0 saturated heterocycles. The first-order valence-electron chi connectivity index (χ1n) is 7.90. The zero-order valence-corrected chi connectivity index (χ0v) is 16.2. The molecule has 0 radical (unpaired) electrons. The van der Waals surface area contributed by atoms with Crippen LogP contribution in [0.4, 0.5) is 0 Å². The second-order valence-corrected chi connectivity index (χ2v) is 7.81. The highest BCUT2D eigenvalue weighted by atomic mass is 35.5. The number of amides is 1. The molecule has 1 aliphatic rings. The number of benzene rings is 2. The van der Waals surface area contributed by atoms with Crippen LogP contribution < -0.4 is 5.32 Å². The summed E-state index contributed by atoms with van der Waals surface area (Å²) in [5.41, 5.74) is 2.25. The van der Waals surface area contributed by atoms with Gasteiger partial charge in [0.1, 0.15) is 12.0 Å². The standard InChI is InChI=1S/C19H16Cl2N2O2S/c1-23-17(9-13-8-15(20)16(21)10-18(13)26-23)19(25)22-14(11-24)7-12-5-3-2-4-6-12/h2-6,8-11,14H,7H2,1H3,(H,22,25)/t14-/m0/s1. The Balaban J connectivity index is 1.78. The van der Waals surface area contributed by atoms with Crippen molar-refractivity contribution in [1.29, 1.82) is 0 Å². The van der Waals surface area contributed by atoms with Gasteiger partial charge in [-0.15, -0.1) is 0 Å². The maximum atomic E-state index is 12.7. The molecule has 0 spiro atoms. The second-order valence-electron chi connectivity index (χ2n) is 5.83. The van der Waals surface area contributed by atoms with Gasteiger partial charge in [-0.05, 0) is 47.7 Å². The quantitative estimate of drug-likeness (QED) is 0.596. The van der Waals surface area contributed by atoms with Crippen molar-refractivity contribution in [1.82, 2.24) is 9.62 Å². The van der Waals surface area contributed by atoms with Crippen LogP contribution in [-0.4, -0.2) is 29.6 Å². The molecule has 4 nitrogen and oxygen atoms in total. The Morgan fingerprint density at radius 2 is 1.92 bits per heavy atom. The molecule has 0 unspecified atom stereocenters. The van der Waals surface area contributed by atoms with Crippen molar-refractivity contribution >= 4 is 53.4 Å². The lowest BCUT2D eigenvalue weighted by atomic mass is 10.1. The first-order valence-corrected chi connectivity index (χ1v) is 9.43. The van der Waals surface area contributed by atoms with E-state index >= 15 is 0 Å². The molecule has 134 valence electrons. The van der Waals surface area contributed by atoms with Gasteiger partial charge in [0.05, 0.1) is 16.1 Å². The van der Waals surface area contributed by atoms with E-state index in [2.05, 4.69) is 5.32 Å². The third-order valence-corrected chi connectivity index (χ3v) is 5.67. The summed E-state index contributed by atoms with van der Waals surface area (Å²) in [4.78, 5) is 25.0. The van der Waals surface area contributed by atoms with Crippen molar-refractivity contribution in [2.24, 2.45) is 0 Å². The summed E-state index contributed by atoms with van der Waals surface area (Å²) in [7, 11) is 1.79. The van der Waals surface area contributed by atoms with E-state index < -0.39 is 6.04 Å². The van der Waals surface area contributed by atoms with Gasteiger partial charge >= 0.3 is 0 Å². The van der Waals surface area contributed by atoms with Crippen LogP contribution in [-0.2, 0) is 16.0 Å². The first-order chi connectivity index (χ1) is 12.5. The lowest BCUT2D eigenvalue weighted by molar-refractivity contribution is -0.121. The van der Waals surface area contributed by atoms with Gasteiger partial charge in [-0.2, -0.15) is 0 Å². The average molecular weight is 407 g/mol. The van der Waals surface area contributed by atoms with E-state index in [1.807, 2.05) is 30.3 Å². The molecule has 0 aliphatic carbocycles. The van der Waals surface area contributed by atoms with Crippen LogP contribution in [0.25, 0.3) is 6.08 Å². The molecule has 1 aliphatic heterocycles. The van der Waals surface area contributed by atoms with Crippen molar-refractivity contribution in [3.8, 4) is 0 Å². The molecule has 1 heterocycles. The fourth-order valence-corrected chi connectivity index (χ4v) is 3.95. The maximum absolute atomic E-state index is 12.7. The summed E-state index contributed by atoms with van der Waals surface area (Å²) in [5, 5.41) is 3.68. The van der Waals surface area contributed by atoms with Gasteiger partial charge in [0, 0.05) is 11.9 Å². The summed E-state index contributed by atoms with van der Waals surface area (Å²) in [6.07, 6.45) is 2.94. The normalized spacial score (nSPS) is 14.3. The van der Waals surface area contributed by atoms with Gasteiger partial charge in [0.25, 0.3) is 5.91 Å². The van der Waals surface area contributed by atoms with E-state index in [1.165, 1.54) is 11.9 Å². The van der Waals surface area contributed by atoms with Gasteiger partial charge in [0.2, 0.25) is 0 Å². The molecule has 1 amide bonds. The Morgan fingerprint density at radius 1 is 1.23 bits per heavy atom. The van der Waals surface area contributed by atoms with Gasteiger partial charge < -0.3 is 14.4 Å². The lowest BCUT2D eigenvalue weighted by Gasteiger charge is -2.27. The van der Waals surface area contributed by atoms with Crippen LogP contribution in [0.1, 0.15) is 11.1 Å². The van der Waals surface area contributed by atoms with Crippen LogP contribution in [0.15, 0.2) is 53.1 Å². The van der Waals surface area contributed by atoms with Gasteiger partial charge in [0.15, 0.2) is 0 Å². The number of hydrogen-bond donors (Lipinski definition) is 1. The number of rotatable bonds is 5. The lowest BCUT2D eigenvalue weighted by Crippen LogP contribution is -2.40. The topological polar surface area (TPSA) is 49.4 Å². The van der Waals surface area contributed by atoms with E-state index in [0.717, 1.165) is 22.3 Å². The number of aldehydes is 1. The molecule has 26 heavy (non-hydrogen) atoms. The minimum atomic E-state index is -0.598. The fourth-order valence-electron chi connectivity index (χ4n) is 2.62. The molecule has 2 aromatic rings. The Bertz CT molecular complexity index is 871. The number of carbonyl (C=O) groups is 2. The Morgan fingerprint density at radius 3 is 2.62 bits per heavy atom. The predicted octanol–water partition coefficient (Wildman–Crippen LogP) is 4.21. The molecule has 3 rings (SSSR count). The zero-order valence-electron chi connectivity index (χ0n) is 13.9. The number of fused-ring (bicyclic) bond motifs is 1. The summed E-state index contributed by atoms with van der Waals surface area (Å²) in [5.74, 6) is -0.315. The highest BCUT2D eigenvalue weighted by Gasteiger charge is 2.24. The molecule has 1 atom stereocenters. The van der Waals surface area contributed by atoms with Crippen molar-refractivity contribution in [3.05, 3.63) is 69.3 Å². The van der Waals surface area contributed by atoms with E-state index in [9.17, 15) is 9.59 Å². The highest BCUT2D eigenvalue weighted by Crippen LogP contribution is 2.39. The molecule has 2 aromatic carbocycles. The SMILES string of the molecule is CN1Sc2cc(Cl)c(Cl)cc2C=C1C(=O)N[C@H](C=O)Cc1ccccc1. The van der Waals surface area contributed by atoms with E-state index in [4.69, 9.17) is 23.2 Å². The van der Waals surface area contributed by atoms with Gasteiger partial charge in [-0.3, -0.25) is 4.79 Å². The number of halogens is 2. The fraction of sp³-hybridized carbons (Fsp3) is 0.158. The van der Waals surface area contributed by atoms with Gasteiger partial charge in [-0.1, -0.05) is 53.5 Å². The van der Waals surface area contributed by atoms with Crippen LogP contribution >= 0.6 is 35.1 Å². The Kier molecular flexibility index (Phi) is 5.91. The summed E-state index contributed by atoms with van der Waals surface area (Å²) in [6.45, 7) is 0. The Hall–Kier alpha value is -1.95. The Labute approximate surface area is 166 Å². The van der Waals surface area contributed by atoms with E-state index in [-0.39, 0.29) is 5.91 Å². The molecule has 0 fully saturated rings. The minimum Gasteiger partial charge on any atom is -0.341 e. The monoisotopic (exact) mass is 406 g/mol. The van der Waals surface area contributed by atoms with E-state index in [1.54, 1.807) is 29.6 Å². The number of nitrogens with zero attached hydrogens (tertiary/aromatic N) is 1. The average Bonchev–Trinajstić information content (AvgIpc) is 2.63. The third-order valence-electron chi connectivity index (χ3n) is 3.93. The van der Waals surface area contributed by atoms with Crippen molar-refractivity contribution in [2.75, 3.05) is 7.05 Å². The van der Waals surface area contributed by atoms with Crippen molar-refractivity contribution in [3.63, 3.8) is 0 Å². The number of likely N-dealkylation sites (N-methyl/N-ethyl adjacent to an activating group) is 1. The maximum Gasteiger partial charge on any atom is 0.269 e. The summed E-state index contributed by atoms with van der Waals surface area (Å²) in [6, 6.07) is 12.5. The van der Waals surface area contributed by atoms with Crippen molar-refractivity contribution in [2.45, 2.75) is 17.4 Å². The molecule has 0 saturated carbocycles. The van der Waals surface area contributed by atoms with Crippen LogP contribution in [0.5, 0.6) is 0 Å². The predicted molar refractivity (Wildman–Crippen MR) is 106 cm³/mol. The molecule has 1 N–H and O–H groups in total. The van der Waals surface area contributed by atoms with E-state index in [0.29, 0.717) is 22.2 Å². The third kappa shape index (κ3) is 4.23. The van der Waals surface area contributed by atoms with Crippen molar-refractivity contribution < 1.29 is 9.59 Å². The molecule has 0 bridgehead atoms. The number of nitrogens with one attached hydrogen (secondary N) is 1. The molecule has 7 heteroatoms. The van der Waals surface area contributed by atoms with Crippen LogP contribution in [0.2, 0.25) is 10.0 Å². The largest absolute Gasteiger partial charge is 0.341 e. The minimum absolute atomic E-state index is 0.315. The van der Waals surface area contributed by atoms with Crippen LogP contribution in [0, 0.1) is 0 Å².